The highest BCUT2D eigenvalue weighted by molar-refractivity contribution is 7.09. The maximum atomic E-state index is 10.5. The number of methoxy groups -OCH3 is 1. The lowest BCUT2D eigenvalue weighted by Gasteiger charge is -2.04. The molecule has 1 N–H and O–H groups in total. The first-order valence-corrected chi connectivity index (χ1v) is 4.70. The van der Waals surface area contributed by atoms with E-state index in [1.54, 1.807) is 12.5 Å². The van der Waals surface area contributed by atoms with E-state index in [1.807, 2.05) is 6.92 Å². The number of carbonyl (C=O) groups is 1. The summed E-state index contributed by atoms with van der Waals surface area (Å²) in [6.07, 6.45) is 0. The lowest BCUT2D eigenvalue weighted by molar-refractivity contribution is 0.0691. The summed E-state index contributed by atoms with van der Waals surface area (Å²) in [5.41, 5.74) is 0.114. The van der Waals surface area contributed by atoms with Gasteiger partial charge in [0.1, 0.15) is 0 Å². The molecule has 13 heavy (non-hydrogen) atoms. The second-order valence-corrected chi connectivity index (χ2v) is 3.62. The number of aromatic carboxylic acids is 1. The van der Waals surface area contributed by atoms with E-state index in [2.05, 4.69) is 4.98 Å². The molecule has 1 aromatic rings. The number of carboxylic acid groups (broad SMARTS) is 1. The van der Waals surface area contributed by atoms with Gasteiger partial charge in [-0.05, 0) is 0 Å². The van der Waals surface area contributed by atoms with Gasteiger partial charge in [-0.3, -0.25) is 0 Å². The molecular formula is C8H11NO3S. The van der Waals surface area contributed by atoms with Crippen LogP contribution in [0.4, 0.5) is 0 Å². The fourth-order valence-corrected chi connectivity index (χ4v) is 1.77. The molecule has 4 nitrogen and oxygen atoms in total. The number of aromatic nitrogens is 1. The second-order valence-electron chi connectivity index (χ2n) is 2.73. The van der Waals surface area contributed by atoms with E-state index in [1.165, 1.54) is 11.3 Å². The molecule has 0 spiro atoms. The molecular weight excluding hydrogens is 190 g/mol. The van der Waals surface area contributed by atoms with Crippen molar-refractivity contribution in [3.8, 4) is 0 Å². The second kappa shape index (κ2) is 4.34. The van der Waals surface area contributed by atoms with Crippen molar-refractivity contribution in [3.63, 3.8) is 0 Å². The van der Waals surface area contributed by atoms with Gasteiger partial charge in [-0.15, -0.1) is 11.3 Å². The Bertz CT molecular complexity index is 297. The highest BCUT2D eigenvalue weighted by Gasteiger charge is 2.13. The van der Waals surface area contributed by atoms with Gasteiger partial charge in [-0.2, -0.15) is 0 Å². The Balaban J connectivity index is 2.73. The standard InChI is InChI=1S/C8H11NO3S/c1-5(3-12-2)7-9-6(4-13-7)8(10)11/h4-5H,3H2,1-2H3,(H,10,11). The SMILES string of the molecule is COCC(C)c1nc(C(=O)O)cs1. The van der Waals surface area contributed by atoms with Crippen molar-refractivity contribution in [1.82, 2.24) is 4.98 Å². The van der Waals surface area contributed by atoms with Crippen LogP contribution >= 0.6 is 11.3 Å². The summed E-state index contributed by atoms with van der Waals surface area (Å²) in [6.45, 7) is 2.51. The first-order valence-electron chi connectivity index (χ1n) is 3.82. The van der Waals surface area contributed by atoms with Crippen molar-refractivity contribution >= 4 is 17.3 Å². The molecule has 1 rings (SSSR count). The maximum Gasteiger partial charge on any atom is 0.355 e. The van der Waals surface area contributed by atoms with Gasteiger partial charge in [-0.25, -0.2) is 9.78 Å². The molecule has 0 saturated heterocycles. The van der Waals surface area contributed by atoms with Crippen molar-refractivity contribution in [1.29, 1.82) is 0 Å². The Morgan fingerprint density at radius 3 is 3.00 bits per heavy atom. The summed E-state index contributed by atoms with van der Waals surface area (Å²) in [4.78, 5) is 14.5. The predicted octanol–water partition coefficient (Wildman–Crippen LogP) is 1.59. The van der Waals surface area contributed by atoms with Gasteiger partial charge in [-0.1, -0.05) is 6.92 Å². The van der Waals surface area contributed by atoms with Crippen molar-refractivity contribution in [3.05, 3.63) is 16.1 Å². The maximum absolute atomic E-state index is 10.5. The van der Waals surface area contributed by atoms with Gasteiger partial charge in [0.05, 0.1) is 11.6 Å². The zero-order valence-electron chi connectivity index (χ0n) is 7.48. The number of ether oxygens (including phenoxy) is 1. The molecule has 72 valence electrons. The van der Waals surface area contributed by atoms with E-state index in [0.29, 0.717) is 6.61 Å². The Kier molecular flexibility index (Phi) is 3.39. The van der Waals surface area contributed by atoms with Crippen LogP contribution in [0, 0.1) is 0 Å². The molecule has 5 heteroatoms. The van der Waals surface area contributed by atoms with E-state index in [0.717, 1.165) is 5.01 Å². The third-order valence-corrected chi connectivity index (χ3v) is 2.66. The Morgan fingerprint density at radius 2 is 2.54 bits per heavy atom. The summed E-state index contributed by atoms with van der Waals surface area (Å²) in [5, 5.41) is 11.0. The fraction of sp³-hybridized carbons (Fsp3) is 0.500. The molecule has 0 radical (unpaired) electrons. The number of rotatable bonds is 4. The van der Waals surface area contributed by atoms with Gasteiger partial charge < -0.3 is 9.84 Å². The molecule has 0 aliphatic carbocycles. The first kappa shape index (κ1) is 10.1. The van der Waals surface area contributed by atoms with Crippen LogP contribution in [0.3, 0.4) is 0 Å². The molecule has 1 aromatic heterocycles. The number of carboxylic acids is 1. The van der Waals surface area contributed by atoms with Gasteiger partial charge in [0, 0.05) is 18.4 Å². The summed E-state index contributed by atoms with van der Waals surface area (Å²) >= 11 is 1.35. The van der Waals surface area contributed by atoms with Crippen LogP contribution in [0.25, 0.3) is 0 Å². The van der Waals surface area contributed by atoms with Gasteiger partial charge >= 0.3 is 5.97 Å². The summed E-state index contributed by atoms with van der Waals surface area (Å²) in [7, 11) is 1.61. The fourth-order valence-electron chi connectivity index (χ4n) is 0.933. The average Bonchev–Trinajstić information content (AvgIpc) is 2.52. The van der Waals surface area contributed by atoms with Crippen molar-refractivity contribution < 1.29 is 14.6 Å². The number of nitrogens with zero attached hydrogens (tertiary/aromatic N) is 1. The van der Waals surface area contributed by atoms with Crippen LogP contribution in [0.2, 0.25) is 0 Å². The monoisotopic (exact) mass is 201 g/mol. The lowest BCUT2D eigenvalue weighted by atomic mass is 10.2. The van der Waals surface area contributed by atoms with Crippen molar-refractivity contribution in [2.45, 2.75) is 12.8 Å². The summed E-state index contributed by atoms with van der Waals surface area (Å²) < 4.78 is 4.95. The third-order valence-electron chi connectivity index (χ3n) is 1.58. The zero-order chi connectivity index (χ0) is 9.84. The molecule has 0 aliphatic heterocycles. The van der Waals surface area contributed by atoms with E-state index >= 15 is 0 Å². The quantitative estimate of drug-likeness (QED) is 0.803. The molecule has 1 atom stereocenters. The van der Waals surface area contributed by atoms with Gasteiger partial charge in [0.25, 0.3) is 0 Å². The minimum atomic E-state index is -0.980. The van der Waals surface area contributed by atoms with Crippen LogP contribution in [0.15, 0.2) is 5.38 Å². The van der Waals surface area contributed by atoms with E-state index in [4.69, 9.17) is 9.84 Å². The Morgan fingerprint density at radius 1 is 1.85 bits per heavy atom. The normalized spacial score (nSPS) is 12.8. The van der Waals surface area contributed by atoms with Crippen molar-refractivity contribution in [2.75, 3.05) is 13.7 Å². The molecule has 0 aliphatic rings. The molecule has 1 heterocycles. The summed E-state index contributed by atoms with van der Waals surface area (Å²) in [5.74, 6) is -0.824. The van der Waals surface area contributed by atoms with E-state index in [9.17, 15) is 4.79 Å². The first-order chi connectivity index (χ1) is 6.15. The Hall–Kier alpha value is -0.940. The number of hydrogen-bond donors (Lipinski definition) is 1. The molecule has 1 unspecified atom stereocenters. The molecule has 0 bridgehead atoms. The zero-order valence-corrected chi connectivity index (χ0v) is 8.30. The minimum absolute atomic E-state index is 0.114. The molecule has 0 amide bonds. The van der Waals surface area contributed by atoms with Crippen LogP contribution in [-0.2, 0) is 4.74 Å². The van der Waals surface area contributed by atoms with Gasteiger partial charge in [0.2, 0.25) is 0 Å². The lowest BCUT2D eigenvalue weighted by Crippen LogP contribution is -2.03. The van der Waals surface area contributed by atoms with Crippen LogP contribution in [0.5, 0.6) is 0 Å². The van der Waals surface area contributed by atoms with E-state index < -0.39 is 5.97 Å². The third kappa shape index (κ3) is 2.50. The van der Waals surface area contributed by atoms with Crippen LogP contribution in [-0.4, -0.2) is 29.8 Å². The van der Waals surface area contributed by atoms with Crippen LogP contribution < -0.4 is 0 Å². The van der Waals surface area contributed by atoms with Gasteiger partial charge in [0.15, 0.2) is 5.69 Å². The highest BCUT2D eigenvalue weighted by Crippen LogP contribution is 2.19. The summed E-state index contributed by atoms with van der Waals surface area (Å²) in [6, 6.07) is 0. The minimum Gasteiger partial charge on any atom is -0.476 e. The average molecular weight is 201 g/mol. The Labute approximate surface area is 80.2 Å². The molecule has 0 aromatic carbocycles. The predicted molar refractivity (Wildman–Crippen MR) is 49.4 cm³/mol. The number of thiazole rings is 1. The van der Waals surface area contributed by atoms with E-state index in [-0.39, 0.29) is 11.6 Å². The smallest absolute Gasteiger partial charge is 0.355 e. The molecule has 0 saturated carbocycles. The number of hydrogen-bond acceptors (Lipinski definition) is 4. The largest absolute Gasteiger partial charge is 0.476 e. The molecule has 0 fully saturated rings. The van der Waals surface area contributed by atoms with Crippen molar-refractivity contribution in [2.24, 2.45) is 0 Å². The van der Waals surface area contributed by atoms with Crippen LogP contribution in [0.1, 0.15) is 28.3 Å². The highest BCUT2D eigenvalue weighted by atomic mass is 32.1. The topological polar surface area (TPSA) is 59.4 Å².